The van der Waals surface area contributed by atoms with E-state index in [1.807, 2.05) is 60.4 Å². The van der Waals surface area contributed by atoms with E-state index in [1.165, 1.54) is 0 Å². The number of aliphatic hydroxyl groups excluding tert-OH is 1. The van der Waals surface area contributed by atoms with E-state index in [0.717, 1.165) is 53.7 Å². The molecule has 2 amide bonds. The number of nitrogens with zero attached hydrogens (tertiary/aromatic N) is 3. The van der Waals surface area contributed by atoms with Crippen LogP contribution in [0.15, 0.2) is 60.9 Å². The van der Waals surface area contributed by atoms with E-state index in [0.29, 0.717) is 16.6 Å². The van der Waals surface area contributed by atoms with Crippen LogP contribution in [0.3, 0.4) is 0 Å². The molecule has 1 saturated heterocycles. The van der Waals surface area contributed by atoms with Crippen molar-refractivity contribution in [2.45, 2.75) is 45.0 Å². The average Bonchev–Trinajstić information content (AvgIpc) is 2.90. The Labute approximate surface area is 222 Å². The van der Waals surface area contributed by atoms with Gasteiger partial charge >= 0.3 is 6.03 Å². The number of carbonyl (C=O) groups is 1. The second kappa shape index (κ2) is 12.1. The highest BCUT2D eigenvalue weighted by Gasteiger charge is 2.28. The first-order chi connectivity index (χ1) is 17.4. The normalized spacial score (nSPS) is 15.5. The van der Waals surface area contributed by atoms with Crippen molar-refractivity contribution in [2.75, 3.05) is 20.1 Å². The van der Waals surface area contributed by atoms with E-state index in [2.05, 4.69) is 22.2 Å². The Morgan fingerprint density at radius 1 is 1.11 bits per heavy atom. The molecule has 1 aliphatic rings. The Kier molecular flexibility index (Phi) is 8.86. The van der Waals surface area contributed by atoms with Crippen LogP contribution < -0.4 is 5.32 Å². The molecule has 0 aliphatic carbocycles. The molecule has 1 aromatic heterocycles. The van der Waals surface area contributed by atoms with E-state index in [9.17, 15) is 9.90 Å². The van der Waals surface area contributed by atoms with Crippen molar-refractivity contribution in [2.24, 2.45) is 0 Å². The van der Waals surface area contributed by atoms with Crippen LogP contribution in [-0.4, -0.2) is 52.1 Å². The van der Waals surface area contributed by atoms with Crippen molar-refractivity contribution >= 4 is 29.2 Å². The number of piperidine rings is 1. The lowest BCUT2D eigenvalue weighted by Crippen LogP contribution is -2.50. The van der Waals surface area contributed by atoms with E-state index in [-0.39, 0.29) is 24.7 Å². The maximum Gasteiger partial charge on any atom is 0.318 e. The zero-order valence-corrected chi connectivity index (χ0v) is 22.1. The summed E-state index contributed by atoms with van der Waals surface area (Å²) < 4.78 is 0. The quantitative estimate of drug-likeness (QED) is 0.401. The highest BCUT2D eigenvalue weighted by atomic mass is 35.5. The topological polar surface area (TPSA) is 68.7 Å². The predicted octanol–water partition coefficient (Wildman–Crippen LogP) is 5.91. The lowest BCUT2D eigenvalue weighted by Gasteiger charge is -2.38. The van der Waals surface area contributed by atoms with Crippen LogP contribution in [0.1, 0.15) is 42.5 Å². The Morgan fingerprint density at radius 2 is 1.81 bits per heavy atom. The molecule has 36 heavy (non-hydrogen) atoms. The molecular weight excluding hydrogens is 495 g/mol. The maximum absolute atomic E-state index is 13.6. The molecule has 2 heterocycles. The Bertz CT molecular complexity index is 1170. The van der Waals surface area contributed by atoms with Gasteiger partial charge in [0.15, 0.2) is 0 Å². The molecule has 6 nitrogen and oxygen atoms in total. The van der Waals surface area contributed by atoms with Crippen LogP contribution in [0.4, 0.5) is 4.79 Å². The van der Waals surface area contributed by atoms with Gasteiger partial charge in [0.05, 0.1) is 22.7 Å². The molecule has 8 heteroatoms. The molecule has 4 rings (SSSR count). The van der Waals surface area contributed by atoms with E-state index >= 15 is 0 Å². The fourth-order valence-electron chi connectivity index (χ4n) is 4.61. The van der Waals surface area contributed by atoms with Crippen LogP contribution in [0, 0.1) is 0 Å². The third kappa shape index (κ3) is 6.19. The third-order valence-corrected chi connectivity index (χ3v) is 7.74. The van der Waals surface area contributed by atoms with Crippen molar-refractivity contribution in [3.05, 3.63) is 87.7 Å². The third-order valence-electron chi connectivity index (χ3n) is 6.84. The smallest absolute Gasteiger partial charge is 0.318 e. The number of aromatic nitrogens is 1. The highest BCUT2D eigenvalue weighted by Crippen LogP contribution is 2.38. The van der Waals surface area contributed by atoms with Gasteiger partial charge in [0.25, 0.3) is 0 Å². The largest absolute Gasteiger partial charge is 0.392 e. The first-order valence-electron chi connectivity index (χ1n) is 12.2. The van der Waals surface area contributed by atoms with Crippen molar-refractivity contribution in [3.63, 3.8) is 0 Å². The summed E-state index contributed by atoms with van der Waals surface area (Å²) in [5.74, 6) is 0. The van der Waals surface area contributed by atoms with E-state index < -0.39 is 0 Å². The molecule has 1 unspecified atom stereocenters. The van der Waals surface area contributed by atoms with Crippen molar-refractivity contribution in [1.82, 2.24) is 20.1 Å². The number of benzene rings is 2. The van der Waals surface area contributed by atoms with Crippen LogP contribution in [0.5, 0.6) is 0 Å². The van der Waals surface area contributed by atoms with Gasteiger partial charge in [0.1, 0.15) is 0 Å². The van der Waals surface area contributed by atoms with Crippen LogP contribution in [0.2, 0.25) is 10.0 Å². The van der Waals surface area contributed by atoms with Gasteiger partial charge in [0, 0.05) is 36.1 Å². The summed E-state index contributed by atoms with van der Waals surface area (Å²) in [4.78, 5) is 22.0. The zero-order chi connectivity index (χ0) is 25.7. The van der Waals surface area contributed by atoms with E-state index in [4.69, 9.17) is 23.2 Å². The fraction of sp³-hybridized carbons (Fsp3) is 0.357. The summed E-state index contributed by atoms with van der Waals surface area (Å²) in [6, 6.07) is 15.0. The van der Waals surface area contributed by atoms with Gasteiger partial charge < -0.3 is 20.2 Å². The lowest BCUT2D eigenvalue weighted by atomic mass is 10.0. The van der Waals surface area contributed by atoms with Crippen LogP contribution in [0.25, 0.3) is 11.1 Å². The molecule has 0 saturated carbocycles. The summed E-state index contributed by atoms with van der Waals surface area (Å²) >= 11 is 13.3. The van der Waals surface area contributed by atoms with Gasteiger partial charge in [-0.1, -0.05) is 65.7 Å². The minimum atomic E-state index is -0.337. The molecule has 1 aliphatic heterocycles. The van der Waals surface area contributed by atoms with Crippen molar-refractivity contribution < 1.29 is 9.90 Å². The Hall–Kier alpha value is -2.64. The van der Waals surface area contributed by atoms with Gasteiger partial charge in [-0.3, -0.25) is 4.98 Å². The summed E-state index contributed by atoms with van der Waals surface area (Å²) in [6.45, 7) is 4.31. The number of nitrogens with one attached hydrogen (secondary N) is 1. The monoisotopic (exact) mass is 526 g/mol. The molecule has 0 radical (unpaired) electrons. The first-order valence-corrected chi connectivity index (χ1v) is 13.0. The number of carbonyl (C=O) groups excluding carboxylic acids is 1. The molecule has 2 aromatic carbocycles. The zero-order valence-electron chi connectivity index (χ0n) is 20.6. The lowest BCUT2D eigenvalue weighted by molar-refractivity contribution is 0.125. The summed E-state index contributed by atoms with van der Waals surface area (Å²) in [5, 5.41) is 13.4. The number of rotatable bonds is 7. The molecule has 3 aromatic rings. The van der Waals surface area contributed by atoms with Gasteiger partial charge in [-0.25, -0.2) is 4.79 Å². The number of aliphatic hydroxyl groups is 1. The number of amides is 2. The van der Waals surface area contributed by atoms with Crippen LogP contribution in [-0.2, 0) is 13.2 Å². The SMILES string of the molecule is CC(NC(=O)N(Cc1ccc(CO)cc1)C1CCN(C)CC1)c1ccc(-c2cccnc2)c(Cl)c1Cl. The minimum absolute atomic E-state index is 0.000151. The summed E-state index contributed by atoms with van der Waals surface area (Å²) in [5.41, 5.74) is 4.32. The van der Waals surface area contributed by atoms with Gasteiger partial charge in [-0.05, 0) is 62.7 Å². The number of hydrogen-bond donors (Lipinski definition) is 2. The number of likely N-dealkylation sites (tertiary alicyclic amines) is 1. The second-order valence-corrected chi connectivity index (χ2v) is 10.1. The predicted molar refractivity (Wildman–Crippen MR) is 145 cm³/mol. The van der Waals surface area contributed by atoms with Gasteiger partial charge in [-0.2, -0.15) is 0 Å². The molecule has 1 atom stereocenters. The molecule has 2 N–H and O–H groups in total. The maximum atomic E-state index is 13.6. The number of hydrogen-bond acceptors (Lipinski definition) is 4. The number of pyridine rings is 1. The summed E-state index contributed by atoms with van der Waals surface area (Å²) in [6.07, 6.45) is 5.29. The van der Waals surface area contributed by atoms with E-state index in [1.54, 1.807) is 12.4 Å². The minimum Gasteiger partial charge on any atom is -0.392 e. The second-order valence-electron chi connectivity index (χ2n) is 9.38. The molecule has 0 spiro atoms. The number of halogens is 2. The Balaban J connectivity index is 1.53. The van der Waals surface area contributed by atoms with Gasteiger partial charge in [0.2, 0.25) is 0 Å². The number of urea groups is 1. The molecule has 1 fully saturated rings. The van der Waals surface area contributed by atoms with Crippen LogP contribution >= 0.6 is 23.2 Å². The van der Waals surface area contributed by atoms with Crippen molar-refractivity contribution in [3.8, 4) is 11.1 Å². The average molecular weight is 527 g/mol. The highest BCUT2D eigenvalue weighted by molar-refractivity contribution is 6.44. The standard InChI is InChI=1S/C28H32Cl2N4O2/c1-19(24-9-10-25(27(30)26(24)29)22-4-3-13-31-16-22)32-28(36)34(23-11-14-33(2)15-12-23)17-20-5-7-21(18-35)8-6-20/h3-10,13,16,19,23,35H,11-12,14-15,17-18H2,1-2H3,(H,32,36). The first kappa shape index (κ1) is 26.4. The Morgan fingerprint density at radius 3 is 2.44 bits per heavy atom. The molecule has 0 bridgehead atoms. The van der Waals surface area contributed by atoms with Crippen molar-refractivity contribution in [1.29, 1.82) is 0 Å². The molecular formula is C28H32Cl2N4O2. The molecule has 190 valence electrons. The summed E-state index contributed by atoms with van der Waals surface area (Å²) in [7, 11) is 2.11. The van der Waals surface area contributed by atoms with Gasteiger partial charge in [-0.15, -0.1) is 0 Å². The fourth-order valence-corrected chi connectivity index (χ4v) is 5.22.